The largest absolute Gasteiger partial charge is 0.394 e. The first-order valence-corrected chi connectivity index (χ1v) is 7.11. The highest BCUT2D eigenvalue weighted by Crippen LogP contribution is 2.41. The van der Waals surface area contributed by atoms with Crippen LogP contribution in [-0.2, 0) is 0 Å². The first-order chi connectivity index (χ1) is 8.68. The Morgan fingerprint density at radius 1 is 1.28 bits per heavy atom. The predicted molar refractivity (Wildman–Crippen MR) is 75.7 cm³/mol. The van der Waals surface area contributed by atoms with Crippen LogP contribution in [0.4, 0.5) is 0 Å². The van der Waals surface area contributed by atoms with Gasteiger partial charge in [0.1, 0.15) is 0 Å². The molecule has 1 aliphatic carbocycles. The summed E-state index contributed by atoms with van der Waals surface area (Å²) >= 11 is 0. The SMILES string of the molecule is CC(C)NC1(CO)CCCCC1c1ccccc1. The Morgan fingerprint density at radius 2 is 2.00 bits per heavy atom. The summed E-state index contributed by atoms with van der Waals surface area (Å²) in [5.41, 5.74) is 1.23. The summed E-state index contributed by atoms with van der Waals surface area (Å²) in [4.78, 5) is 0. The smallest absolute Gasteiger partial charge is 0.0619 e. The summed E-state index contributed by atoms with van der Waals surface area (Å²) in [7, 11) is 0. The molecular formula is C16H25NO. The summed E-state index contributed by atoms with van der Waals surface area (Å²) in [5.74, 6) is 0.430. The lowest BCUT2D eigenvalue weighted by Crippen LogP contribution is -2.57. The van der Waals surface area contributed by atoms with Crippen molar-refractivity contribution in [2.24, 2.45) is 0 Å². The molecule has 1 aliphatic rings. The molecule has 1 aromatic rings. The number of aliphatic hydroxyl groups is 1. The lowest BCUT2D eigenvalue weighted by Gasteiger charge is -2.45. The molecule has 0 aromatic heterocycles. The van der Waals surface area contributed by atoms with Crippen molar-refractivity contribution in [3.05, 3.63) is 35.9 Å². The highest BCUT2D eigenvalue weighted by Gasteiger charge is 2.41. The molecule has 2 unspecified atom stereocenters. The van der Waals surface area contributed by atoms with E-state index in [9.17, 15) is 5.11 Å². The van der Waals surface area contributed by atoms with E-state index in [1.807, 2.05) is 0 Å². The summed E-state index contributed by atoms with van der Waals surface area (Å²) in [5, 5.41) is 13.6. The van der Waals surface area contributed by atoms with E-state index in [2.05, 4.69) is 49.5 Å². The maximum Gasteiger partial charge on any atom is 0.0619 e. The molecule has 18 heavy (non-hydrogen) atoms. The monoisotopic (exact) mass is 247 g/mol. The summed E-state index contributed by atoms with van der Waals surface area (Å²) in [6.45, 7) is 4.55. The lowest BCUT2D eigenvalue weighted by molar-refractivity contribution is 0.0917. The maximum absolute atomic E-state index is 9.96. The number of hydrogen-bond acceptors (Lipinski definition) is 2. The van der Waals surface area contributed by atoms with Crippen molar-refractivity contribution in [3.8, 4) is 0 Å². The minimum absolute atomic E-state index is 0.131. The van der Waals surface area contributed by atoms with Gasteiger partial charge >= 0.3 is 0 Å². The topological polar surface area (TPSA) is 32.3 Å². The fraction of sp³-hybridized carbons (Fsp3) is 0.625. The van der Waals surface area contributed by atoms with E-state index in [0.29, 0.717) is 12.0 Å². The number of nitrogens with one attached hydrogen (secondary N) is 1. The molecule has 0 bridgehead atoms. The Bertz CT molecular complexity index is 363. The second kappa shape index (κ2) is 5.85. The first kappa shape index (κ1) is 13.6. The fourth-order valence-electron chi connectivity index (χ4n) is 3.39. The van der Waals surface area contributed by atoms with E-state index in [-0.39, 0.29) is 12.1 Å². The third-order valence-electron chi connectivity index (χ3n) is 4.09. The number of rotatable bonds is 4. The molecular weight excluding hydrogens is 222 g/mol. The number of benzene rings is 1. The molecule has 1 fully saturated rings. The Hall–Kier alpha value is -0.860. The van der Waals surface area contributed by atoms with Crippen molar-refractivity contribution in [2.45, 2.75) is 57.0 Å². The molecule has 2 rings (SSSR count). The molecule has 2 nitrogen and oxygen atoms in total. The van der Waals surface area contributed by atoms with Crippen molar-refractivity contribution >= 4 is 0 Å². The van der Waals surface area contributed by atoms with Crippen LogP contribution in [0.15, 0.2) is 30.3 Å². The van der Waals surface area contributed by atoms with Gasteiger partial charge in [-0.1, -0.05) is 57.0 Å². The van der Waals surface area contributed by atoms with Crippen LogP contribution in [0.3, 0.4) is 0 Å². The molecule has 2 atom stereocenters. The Morgan fingerprint density at radius 3 is 2.61 bits per heavy atom. The van der Waals surface area contributed by atoms with Crippen LogP contribution in [0.1, 0.15) is 51.0 Å². The van der Waals surface area contributed by atoms with Gasteiger partial charge in [0.2, 0.25) is 0 Å². The van der Waals surface area contributed by atoms with E-state index in [4.69, 9.17) is 0 Å². The lowest BCUT2D eigenvalue weighted by atomic mass is 9.69. The molecule has 0 spiro atoms. The number of hydrogen-bond donors (Lipinski definition) is 2. The van der Waals surface area contributed by atoms with Gasteiger partial charge in [0.15, 0.2) is 0 Å². The van der Waals surface area contributed by atoms with Crippen molar-refractivity contribution in [3.63, 3.8) is 0 Å². The van der Waals surface area contributed by atoms with Gasteiger partial charge in [0.05, 0.1) is 6.61 Å². The van der Waals surface area contributed by atoms with Gasteiger partial charge in [0, 0.05) is 17.5 Å². The van der Waals surface area contributed by atoms with Gasteiger partial charge in [0.25, 0.3) is 0 Å². The average molecular weight is 247 g/mol. The Labute approximate surface area is 110 Å². The normalized spacial score (nSPS) is 28.6. The number of aliphatic hydroxyl groups excluding tert-OH is 1. The van der Waals surface area contributed by atoms with E-state index in [0.717, 1.165) is 6.42 Å². The zero-order chi connectivity index (χ0) is 13.0. The van der Waals surface area contributed by atoms with Crippen molar-refractivity contribution < 1.29 is 5.11 Å². The van der Waals surface area contributed by atoms with Crippen LogP contribution in [-0.4, -0.2) is 23.3 Å². The van der Waals surface area contributed by atoms with Crippen LogP contribution < -0.4 is 5.32 Å². The predicted octanol–water partition coefficient (Wildman–Crippen LogP) is 3.07. The fourth-order valence-corrected chi connectivity index (χ4v) is 3.39. The molecule has 0 aliphatic heterocycles. The molecule has 1 aromatic carbocycles. The van der Waals surface area contributed by atoms with Gasteiger partial charge in [-0.15, -0.1) is 0 Å². The van der Waals surface area contributed by atoms with Gasteiger partial charge in [-0.2, -0.15) is 0 Å². The molecule has 2 heteroatoms. The van der Waals surface area contributed by atoms with Gasteiger partial charge < -0.3 is 10.4 Å². The van der Waals surface area contributed by atoms with E-state index >= 15 is 0 Å². The maximum atomic E-state index is 9.96. The zero-order valence-corrected chi connectivity index (χ0v) is 11.5. The van der Waals surface area contributed by atoms with E-state index < -0.39 is 0 Å². The van der Waals surface area contributed by atoms with Crippen molar-refractivity contribution in [1.82, 2.24) is 5.32 Å². The summed E-state index contributed by atoms with van der Waals surface area (Å²) < 4.78 is 0. The molecule has 0 amide bonds. The second-order valence-corrected chi connectivity index (χ2v) is 5.82. The zero-order valence-electron chi connectivity index (χ0n) is 11.5. The Balaban J connectivity index is 2.29. The standard InChI is InChI=1S/C16H25NO/c1-13(2)17-16(12-18)11-7-6-10-15(16)14-8-4-3-5-9-14/h3-5,8-9,13,15,17-18H,6-7,10-12H2,1-2H3. The highest BCUT2D eigenvalue weighted by molar-refractivity contribution is 5.25. The van der Waals surface area contributed by atoms with Crippen LogP contribution in [0.5, 0.6) is 0 Å². The third-order valence-corrected chi connectivity index (χ3v) is 4.09. The highest BCUT2D eigenvalue weighted by atomic mass is 16.3. The molecule has 0 radical (unpaired) electrons. The van der Waals surface area contributed by atoms with Gasteiger partial charge in [-0.05, 0) is 18.4 Å². The molecule has 1 saturated carbocycles. The third kappa shape index (κ3) is 2.76. The molecule has 0 saturated heterocycles. The van der Waals surface area contributed by atoms with Crippen LogP contribution in [0.25, 0.3) is 0 Å². The molecule has 0 heterocycles. The minimum Gasteiger partial charge on any atom is -0.394 e. The summed E-state index contributed by atoms with van der Waals surface area (Å²) in [6, 6.07) is 11.1. The first-order valence-electron chi connectivity index (χ1n) is 7.11. The summed E-state index contributed by atoms with van der Waals surface area (Å²) in [6.07, 6.45) is 4.72. The minimum atomic E-state index is -0.131. The Kier molecular flexibility index (Phi) is 4.41. The molecule has 2 N–H and O–H groups in total. The van der Waals surface area contributed by atoms with E-state index in [1.165, 1.54) is 24.8 Å². The van der Waals surface area contributed by atoms with Crippen molar-refractivity contribution in [1.29, 1.82) is 0 Å². The van der Waals surface area contributed by atoms with Crippen LogP contribution in [0.2, 0.25) is 0 Å². The van der Waals surface area contributed by atoms with Gasteiger partial charge in [-0.3, -0.25) is 0 Å². The average Bonchev–Trinajstić information content (AvgIpc) is 2.39. The van der Waals surface area contributed by atoms with Crippen LogP contribution in [0, 0.1) is 0 Å². The van der Waals surface area contributed by atoms with Crippen molar-refractivity contribution in [2.75, 3.05) is 6.61 Å². The quantitative estimate of drug-likeness (QED) is 0.857. The molecule has 100 valence electrons. The van der Waals surface area contributed by atoms with Gasteiger partial charge in [-0.25, -0.2) is 0 Å². The second-order valence-electron chi connectivity index (χ2n) is 5.82. The van der Waals surface area contributed by atoms with E-state index in [1.54, 1.807) is 0 Å². The van der Waals surface area contributed by atoms with Crippen LogP contribution >= 0.6 is 0 Å².